The van der Waals surface area contributed by atoms with Gasteiger partial charge in [0.15, 0.2) is 0 Å². The molecule has 0 aliphatic rings. The van der Waals surface area contributed by atoms with Gasteiger partial charge in [0.25, 0.3) is 0 Å². The maximum absolute atomic E-state index is 10.3. The van der Waals surface area contributed by atoms with E-state index >= 15 is 0 Å². The zero-order valence-electron chi connectivity index (χ0n) is 6.29. The minimum Gasteiger partial charge on any atom is -0.330 e. The van der Waals surface area contributed by atoms with Crippen LogP contribution >= 0.6 is 0 Å². The molecule has 0 atom stereocenters. The Labute approximate surface area is 66.0 Å². The number of hydrogen-bond donors (Lipinski definition) is 1. The van der Waals surface area contributed by atoms with E-state index in [4.69, 9.17) is 5.73 Å². The summed E-state index contributed by atoms with van der Waals surface area (Å²) in [5.41, 5.74) is 7.25. The molecule has 0 aliphatic heterocycles. The molecule has 0 unspecified atom stereocenters. The van der Waals surface area contributed by atoms with E-state index in [9.17, 15) is 4.79 Å². The third-order valence-electron chi connectivity index (χ3n) is 1.55. The second kappa shape index (κ2) is 3.88. The lowest BCUT2D eigenvalue weighted by Gasteiger charge is -1.96. The number of rotatable bonds is 3. The highest BCUT2D eigenvalue weighted by atomic mass is 16.1. The van der Waals surface area contributed by atoms with E-state index < -0.39 is 0 Å². The van der Waals surface area contributed by atoms with Crippen molar-refractivity contribution in [2.24, 2.45) is 5.73 Å². The third-order valence-corrected chi connectivity index (χ3v) is 1.55. The first kappa shape index (κ1) is 7.95. The molecular formula is C9H11NO. The molecule has 0 heterocycles. The van der Waals surface area contributed by atoms with Gasteiger partial charge in [-0.25, -0.2) is 0 Å². The second-order valence-electron chi connectivity index (χ2n) is 2.40. The number of hydrogen-bond acceptors (Lipinski definition) is 2. The zero-order chi connectivity index (χ0) is 8.10. The molecule has 0 radical (unpaired) electrons. The molecule has 2 nitrogen and oxygen atoms in total. The minimum atomic E-state index is 0.653. The van der Waals surface area contributed by atoms with Crippen LogP contribution in [0.15, 0.2) is 24.3 Å². The van der Waals surface area contributed by atoms with Crippen LogP contribution < -0.4 is 5.73 Å². The van der Waals surface area contributed by atoms with Crippen molar-refractivity contribution in [3.63, 3.8) is 0 Å². The van der Waals surface area contributed by atoms with E-state index in [-0.39, 0.29) is 0 Å². The van der Waals surface area contributed by atoms with Gasteiger partial charge in [-0.3, -0.25) is 4.79 Å². The van der Waals surface area contributed by atoms with Crippen LogP contribution in [0.5, 0.6) is 0 Å². The molecule has 0 spiro atoms. The lowest BCUT2D eigenvalue weighted by Crippen LogP contribution is -2.02. The molecule has 1 aromatic rings. The fourth-order valence-electron chi connectivity index (χ4n) is 0.930. The van der Waals surface area contributed by atoms with Gasteiger partial charge >= 0.3 is 0 Å². The van der Waals surface area contributed by atoms with Gasteiger partial charge in [-0.15, -0.1) is 0 Å². The highest BCUT2D eigenvalue weighted by Crippen LogP contribution is 2.01. The van der Waals surface area contributed by atoms with E-state index in [1.165, 1.54) is 5.56 Å². The summed E-state index contributed by atoms with van der Waals surface area (Å²) in [6, 6.07) is 7.46. The topological polar surface area (TPSA) is 43.1 Å². The number of aldehydes is 1. The van der Waals surface area contributed by atoms with Crippen LogP contribution in [0.3, 0.4) is 0 Å². The average Bonchev–Trinajstić information content (AvgIpc) is 2.07. The number of carbonyl (C=O) groups excluding carboxylic acids is 1. The molecule has 1 aromatic carbocycles. The number of benzene rings is 1. The van der Waals surface area contributed by atoms with Crippen molar-refractivity contribution in [1.29, 1.82) is 0 Å². The van der Waals surface area contributed by atoms with Crippen LogP contribution in [0.25, 0.3) is 0 Å². The highest BCUT2D eigenvalue weighted by molar-refractivity contribution is 5.74. The van der Waals surface area contributed by atoms with Gasteiger partial charge < -0.3 is 5.73 Å². The predicted molar refractivity (Wildman–Crippen MR) is 44.6 cm³/mol. The molecule has 0 aliphatic carbocycles. The van der Waals surface area contributed by atoms with Gasteiger partial charge in [0.05, 0.1) is 0 Å². The quantitative estimate of drug-likeness (QED) is 0.651. The summed E-state index contributed by atoms with van der Waals surface area (Å²) >= 11 is 0. The van der Waals surface area contributed by atoms with Gasteiger partial charge in [-0.2, -0.15) is 0 Å². The molecule has 0 amide bonds. The normalized spacial score (nSPS) is 9.55. The van der Waals surface area contributed by atoms with Crippen LogP contribution in [0.1, 0.15) is 15.9 Å². The van der Waals surface area contributed by atoms with E-state index in [2.05, 4.69) is 0 Å². The first-order valence-corrected chi connectivity index (χ1v) is 3.61. The molecule has 0 saturated carbocycles. The van der Waals surface area contributed by atoms with E-state index in [0.29, 0.717) is 12.1 Å². The van der Waals surface area contributed by atoms with E-state index in [1.807, 2.05) is 12.1 Å². The van der Waals surface area contributed by atoms with Crippen LogP contribution in [0, 0.1) is 0 Å². The summed E-state index contributed by atoms with van der Waals surface area (Å²) in [5, 5.41) is 0. The number of nitrogens with two attached hydrogens (primary N) is 1. The second-order valence-corrected chi connectivity index (χ2v) is 2.40. The molecule has 2 heteroatoms. The zero-order valence-corrected chi connectivity index (χ0v) is 6.29. The fraction of sp³-hybridized carbons (Fsp3) is 0.222. The van der Waals surface area contributed by atoms with Gasteiger partial charge in [-0.1, -0.05) is 24.3 Å². The van der Waals surface area contributed by atoms with Crippen molar-refractivity contribution < 1.29 is 4.79 Å². The molecule has 0 fully saturated rings. The summed E-state index contributed by atoms with van der Waals surface area (Å²) in [5.74, 6) is 0. The molecule has 2 N–H and O–H groups in total. The average molecular weight is 149 g/mol. The van der Waals surface area contributed by atoms with E-state index in [0.717, 1.165) is 12.7 Å². The Kier molecular flexibility index (Phi) is 2.81. The maximum Gasteiger partial charge on any atom is 0.150 e. The Hall–Kier alpha value is -1.15. The first-order chi connectivity index (χ1) is 5.36. The molecule has 1 rings (SSSR count). The molecule has 0 saturated heterocycles. The van der Waals surface area contributed by atoms with E-state index in [1.54, 1.807) is 12.1 Å². The summed E-state index contributed by atoms with van der Waals surface area (Å²) in [4.78, 5) is 10.3. The van der Waals surface area contributed by atoms with Gasteiger partial charge in [0, 0.05) is 5.56 Å². The van der Waals surface area contributed by atoms with Crippen LogP contribution in [0.4, 0.5) is 0 Å². The summed E-state index contributed by atoms with van der Waals surface area (Å²) < 4.78 is 0. The van der Waals surface area contributed by atoms with Crippen molar-refractivity contribution >= 4 is 6.29 Å². The van der Waals surface area contributed by atoms with Gasteiger partial charge in [0.2, 0.25) is 0 Å². The van der Waals surface area contributed by atoms with Gasteiger partial charge in [0.1, 0.15) is 6.29 Å². The molecule has 0 bridgehead atoms. The smallest absolute Gasteiger partial charge is 0.150 e. The van der Waals surface area contributed by atoms with Crippen LogP contribution in [0.2, 0.25) is 0 Å². The van der Waals surface area contributed by atoms with Gasteiger partial charge in [-0.05, 0) is 18.5 Å². The third kappa shape index (κ3) is 2.16. The van der Waals surface area contributed by atoms with Crippen LogP contribution in [-0.4, -0.2) is 12.8 Å². The van der Waals surface area contributed by atoms with Crippen molar-refractivity contribution in [3.05, 3.63) is 35.4 Å². The van der Waals surface area contributed by atoms with Crippen molar-refractivity contribution in [2.75, 3.05) is 6.54 Å². The standard InChI is InChI=1S/C9H11NO/c10-6-5-8-1-3-9(7-11)4-2-8/h1-4,7H,5-6,10H2. The molecule has 58 valence electrons. The Morgan fingerprint density at radius 2 is 1.91 bits per heavy atom. The summed E-state index contributed by atoms with van der Waals surface area (Å²) in [6.45, 7) is 0.653. The molecular weight excluding hydrogens is 138 g/mol. The first-order valence-electron chi connectivity index (χ1n) is 3.61. The van der Waals surface area contributed by atoms with Crippen molar-refractivity contribution in [1.82, 2.24) is 0 Å². The Morgan fingerprint density at radius 3 is 2.36 bits per heavy atom. The van der Waals surface area contributed by atoms with Crippen molar-refractivity contribution in [2.45, 2.75) is 6.42 Å². The maximum atomic E-state index is 10.3. The Morgan fingerprint density at radius 1 is 1.27 bits per heavy atom. The summed E-state index contributed by atoms with van der Waals surface area (Å²) in [6.07, 6.45) is 1.71. The molecule has 0 aromatic heterocycles. The lowest BCUT2D eigenvalue weighted by atomic mass is 10.1. The summed E-state index contributed by atoms with van der Waals surface area (Å²) in [7, 11) is 0. The minimum absolute atomic E-state index is 0.653. The molecule has 11 heavy (non-hydrogen) atoms. The Balaban J connectivity index is 2.74. The predicted octanol–water partition coefficient (Wildman–Crippen LogP) is 1.00. The number of carbonyl (C=O) groups is 1. The Bertz CT molecular complexity index is 228. The van der Waals surface area contributed by atoms with Crippen LogP contribution in [-0.2, 0) is 6.42 Å². The monoisotopic (exact) mass is 149 g/mol. The lowest BCUT2D eigenvalue weighted by molar-refractivity contribution is 0.112. The highest BCUT2D eigenvalue weighted by Gasteiger charge is 1.90. The largest absolute Gasteiger partial charge is 0.330 e. The van der Waals surface area contributed by atoms with Crippen molar-refractivity contribution in [3.8, 4) is 0 Å². The SMILES string of the molecule is NCCc1ccc(C=O)cc1. The fourth-order valence-corrected chi connectivity index (χ4v) is 0.930.